The van der Waals surface area contributed by atoms with Crippen molar-refractivity contribution < 1.29 is 0 Å². The first-order valence-corrected chi connectivity index (χ1v) is 5.73. The number of likely N-dealkylation sites (tertiary alicyclic amines) is 1. The summed E-state index contributed by atoms with van der Waals surface area (Å²) in [6, 6.07) is 0. The lowest BCUT2D eigenvalue weighted by Crippen LogP contribution is -2.33. The number of hydrogen-bond donors (Lipinski definition) is 2. The van der Waals surface area contributed by atoms with E-state index < -0.39 is 0 Å². The van der Waals surface area contributed by atoms with E-state index in [1.165, 1.54) is 38.9 Å². The van der Waals surface area contributed by atoms with Gasteiger partial charge in [-0.1, -0.05) is 0 Å². The molecule has 81 valence electrons. The number of thiocarbonyl (C=S) groups is 1. The van der Waals surface area contributed by atoms with Crippen molar-refractivity contribution in [3.8, 4) is 0 Å². The topological polar surface area (TPSA) is 27.3 Å². The fourth-order valence-electron chi connectivity index (χ4n) is 1.59. The molecule has 1 fully saturated rings. The van der Waals surface area contributed by atoms with Crippen molar-refractivity contribution in [2.24, 2.45) is 0 Å². The summed E-state index contributed by atoms with van der Waals surface area (Å²) in [5.74, 6) is 0. The highest BCUT2D eigenvalue weighted by atomic mass is 32.1. The van der Waals surface area contributed by atoms with Crippen molar-refractivity contribution in [1.29, 1.82) is 0 Å². The summed E-state index contributed by atoms with van der Waals surface area (Å²) >= 11 is 4.97. The first-order valence-electron chi connectivity index (χ1n) is 5.32. The molecule has 0 spiro atoms. The zero-order valence-corrected chi connectivity index (χ0v) is 9.70. The van der Waals surface area contributed by atoms with Crippen LogP contribution in [0.4, 0.5) is 0 Å². The van der Waals surface area contributed by atoms with Gasteiger partial charge in [-0.2, -0.15) is 0 Å². The summed E-state index contributed by atoms with van der Waals surface area (Å²) in [6.07, 6.45) is 6.07. The summed E-state index contributed by atoms with van der Waals surface area (Å²) in [6.45, 7) is 4.65. The summed E-state index contributed by atoms with van der Waals surface area (Å²) in [5, 5.41) is 6.80. The van der Waals surface area contributed by atoms with E-state index in [9.17, 15) is 0 Å². The second-order valence-electron chi connectivity index (χ2n) is 3.59. The summed E-state index contributed by atoms with van der Waals surface area (Å²) in [4.78, 5) is 2.50. The zero-order valence-electron chi connectivity index (χ0n) is 8.88. The average Bonchev–Trinajstić information content (AvgIpc) is 2.69. The van der Waals surface area contributed by atoms with Crippen molar-refractivity contribution in [2.45, 2.75) is 19.3 Å². The molecule has 1 rings (SSSR count). The molecular weight excluding hydrogens is 194 g/mol. The predicted octanol–water partition coefficient (Wildman–Crippen LogP) is 0.770. The maximum absolute atomic E-state index is 4.97. The molecular formula is C10H20N3S. The Morgan fingerprint density at radius 1 is 1.50 bits per heavy atom. The smallest absolute Gasteiger partial charge is 0.166 e. The highest BCUT2D eigenvalue weighted by Gasteiger charge is 2.10. The van der Waals surface area contributed by atoms with Gasteiger partial charge in [0.2, 0.25) is 0 Å². The number of rotatable bonds is 5. The molecule has 2 N–H and O–H groups in total. The van der Waals surface area contributed by atoms with Gasteiger partial charge in [-0.25, -0.2) is 0 Å². The Hall–Kier alpha value is -0.350. The molecule has 3 nitrogen and oxygen atoms in total. The van der Waals surface area contributed by atoms with Gasteiger partial charge in [0.25, 0.3) is 0 Å². The zero-order chi connectivity index (χ0) is 10.2. The number of unbranched alkanes of at least 4 members (excludes halogenated alkanes) is 1. The Morgan fingerprint density at radius 3 is 3.00 bits per heavy atom. The molecule has 0 bridgehead atoms. The molecule has 0 atom stereocenters. The van der Waals surface area contributed by atoms with Gasteiger partial charge in [0.1, 0.15) is 0 Å². The minimum absolute atomic E-state index is 0.750. The second-order valence-corrected chi connectivity index (χ2v) is 4.00. The van der Waals surface area contributed by atoms with E-state index in [0.29, 0.717) is 0 Å². The molecule has 0 amide bonds. The average molecular weight is 214 g/mol. The van der Waals surface area contributed by atoms with Crippen LogP contribution in [0.15, 0.2) is 0 Å². The molecule has 1 aliphatic rings. The standard InChI is InChI=1S/C10H20N3S/c1-11-10(14)12-6-2-3-7-13-8-4-5-9-13/h4H,2-3,5-9H2,1H3,(H2,11,12,14). The van der Waals surface area contributed by atoms with Crippen LogP contribution < -0.4 is 10.6 Å². The van der Waals surface area contributed by atoms with Crippen LogP contribution in [0.3, 0.4) is 0 Å². The lowest BCUT2D eigenvalue weighted by Gasteiger charge is -2.14. The van der Waals surface area contributed by atoms with E-state index in [-0.39, 0.29) is 0 Å². The minimum Gasteiger partial charge on any atom is -0.366 e. The first-order chi connectivity index (χ1) is 6.83. The van der Waals surface area contributed by atoms with Crippen molar-refractivity contribution >= 4 is 17.3 Å². The number of hydrogen-bond acceptors (Lipinski definition) is 2. The molecule has 0 aromatic carbocycles. The van der Waals surface area contributed by atoms with Crippen LogP contribution in [0.5, 0.6) is 0 Å². The molecule has 1 saturated heterocycles. The summed E-state index contributed by atoms with van der Waals surface area (Å²) < 4.78 is 0. The third-order valence-electron chi connectivity index (χ3n) is 2.45. The van der Waals surface area contributed by atoms with E-state index >= 15 is 0 Å². The first kappa shape index (κ1) is 11.7. The van der Waals surface area contributed by atoms with Crippen LogP contribution >= 0.6 is 12.2 Å². The molecule has 0 unspecified atom stereocenters. The Kier molecular flexibility index (Phi) is 5.87. The molecule has 1 aliphatic heterocycles. The Balaban J connectivity index is 1.86. The molecule has 0 saturated carbocycles. The van der Waals surface area contributed by atoms with Gasteiger partial charge in [0.05, 0.1) is 0 Å². The van der Waals surface area contributed by atoms with Gasteiger partial charge in [-0.3, -0.25) is 0 Å². The quantitative estimate of drug-likeness (QED) is 0.522. The maximum Gasteiger partial charge on any atom is 0.166 e. The molecule has 0 aromatic heterocycles. The molecule has 4 heteroatoms. The molecule has 1 radical (unpaired) electrons. The van der Waals surface area contributed by atoms with Crippen LogP contribution in [0.25, 0.3) is 0 Å². The normalized spacial score (nSPS) is 16.9. The summed E-state index contributed by atoms with van der Waals surface area (Å²) in [5.41, 5.74) is 0. The van der Waals surface area contributed by atoms with Gasteiger partial charge in [-0.15, -0.1) is 0 Å². The predicted molar refractivity (Wildman–Crippen MR) is 64.3 cm³/mol. The van der Waals surface area contributed by atoms with E-state index in [1.54, 1.807) is 0 Å². The second kappa shape index (κ2) is 7.01. The minimum atomic E-state index is 0.750. The third kappa shape index (κ3) is 4.77. The SMILES string of the molecule is CNC(=S)NCCCCN1C[CH]CC1. The fourth-order valence-corrected chi connectivity index (χ4v) is 1.69. The number of nitrogens with zero attached hydrogens (tertiary/aromatic N) is 1. The van der Waals surface area contributed by atoms with Gasteiger partial charge in [0, 0.05) is 20.1 Å². The highest BCUT2D eigenvalue weighted by molar-refractivity contribution is 7.80. The van der Waals surface area contributed by atoms with Gasteiger partial charge in [0.15, 0.2) is 5.11 Å². The van der Waals surface area contributed by atoms with Crippen LogP contribution in [-0.2, 0) is 0 Å². The summed E-state index contributed by atoms with van der Waals surface area (Å²) in [7, 11) is 1.84. The van der Waals surface area contributed by atoms with E-state index in [2.05, 4.69) is 22.0 Å². The van der Waals surface area contributed by atoms with Gasteiger partial charge < -0.3 is 15.5 Å². The lowest BCUT2D eigenvalue weighted by molar-refractivity contribution is 0.335. The van der Waals surface area contributed by atoms with Crippen LogP contribution in [0, 0.1) is 6.42 Å². The maximum atomic E-state index is 4.97. The Morgan fingerprint density at radius 2 is 2.36 bits per heavy atom. The Bertz CT molecular complexity index is 167. The van der Waals surface area contributed by atoms with Crippen molar-refractivity contribution in [2.75, 3.05) is 33.2 Å². The fraction of sp³-hybridized carbons (Fsp3) is 0.800. The molecule has 1 heterocycles. The van der Waals surface area contributed by atoms with Gasteiger partial charge in [-0.05, 0) is 51.0 Å². The van der Waals surface area contributed by atoms with Crippen molar-refractivity contribution in [1.82, 2.24) is 15.5 Å². The molecule has 14 heavy (non-hydrogen) atoms. The van der Waals surface area contributed by atoms with Crippen molar-refractivity contribution in [3.63, 3.8) is 0 Å². The third-order valence-corrected chi connectivity index (χ3v) is 2.80. The highest BCUT2D eigenvalue weighted by Crippen LogP contribution is 2.06. The van der Waals surface area contributed by atoms with Crippen molar-refractivity contribution in [3.05, 3.63) is 6.42 Å². The lowest BCUT2D eigenvalue weighted by atomic mass is 10.3. The Labute approximate surface area is 92.2 Å². The van der Waals surface area contributed by atoms with Crippen LogP contribution in [0.2, 0.25) is 0 Å². The monoisotopic (exact) mass is 214 g/mol. The van der Waals surface area contributed by atoms with Crippen LogP contribution in [0.1, 0.15) is 19.3 Å². The van der Waals surface area contributed by atoms with Gasteiger partial charge >= 0.3 is 0 Å². The van der Waals surface area contributed by atoms with E-state index in [1.807, 2.05) is 7.05 Å². The van der Waals surface area contributed by atoms with Crippen LogP contribution in [-0.4, -0.2) is 43.2 Å². The molecule has 0 aromatic rings. The molecule has 0 aliphatic carbocycles. The van der Waals surface area contributed by atoms with E-state index in [4.69, 9.17) is 12.2 Å². The van der Waals surface area contributed by atoms with E-state index in [0.717, 1.165) is 11.7 Å². The number of nitrogens with one attached hydrogen (secondary N) is 2. The largest absolute Gasteiger partial charge is 0.366 e.